The lowest BCUT2D eigenvalue weighted by Gasteiger charge is -2.45. The molecule has 0 spiro atoms. The van der Waals surface area contributed by atoms with Gasteiger partial charge in [0.2, 0.25) is 5.91 Å². The minimum Gasteiger partial charge on any atom is -0.507 e. The number of ether oxygens (including phenoxy) is 1. The number of piperazine rings is 1. The Kier molecular flexibility index (Phi) is 7.29. The van der Waals surface area contributed by atoms with Gasteiger partial charge in [0.15, 0.2) is 29.0 Å². The number of fused-ring (bicyclic) bond motifs is 2. The van der Waals surface area contributed by atoms with Crippen LogP contribution >= 0.6 is 0 Å². The van der Waals surface area contributed by atoms with E-state index in [1.165, 1.54) is 11.1 Å². The first-order valence-corrected chi connectivity index (χ1v) is 14.3. The van der Waals surface area contributed by atoms with E-state index in [1.54, 1.807) is 24.8 Å². The fraction of sp³-hybridized carbons (Fsp3) is 0.312. The number of aromatic hydroxyl groups is 1. The molecule has 2 aromatic heterocycles. The van der Waals surface area contributed by atoms with Gasteiger partial charge in [0.05, 0.1) is 33.9 Å². The molecule has 1 amide bonds. The fourth-order valence-corrected chi connectivity index (χ4v) is 6.36. The van der Waals surface area contributed by atoms with Crippen molar-refractivity contribution in [1.82, 2.24) is 19.4 Å². The molecule has 2 aromatic carbocycles. The second-order valence-electron chi connectivity index (χ2n) is 11.5. The average molecular weight is 624 g/mol. The summed E-state index contributed by atoms with van der Waals surface area (Å²) < 4.78 is 70.3. The molecule has 2 aliphatic heterocycles. The lowest BCUT2D eigenvalue weighted by Crippen LogP contribution is -2.61. The van der Waals surface area contributed by atoms with Gasteiger partial charge in [0.25, 0.3) is 0 Å². The highest BCUT2D eigenvalue weighted by atomic mass is 19.2. The zero-order valence-corrected chi connectivity index (χ0v) is 24.9. The summed E-state index contributed by atoms with van der Waals surface area (Å²) in [7, 11) is 0. The third kappa shape index (κ3) is 4.51. The van der Waals surface area contributed by atoms with Gasteiger partial charge in [0, 0.05) is 25.3 Å². The van der Waals surface area contributed by atoms with Gasteiger partial charge < -0.3 is 19.6 Å². The number of amides is 1. The van der Waals surface area contributed by atoms with Crippen LogP contribution in [0.3, 0.4) is 0 Å². The van der Waals surface area contributed by atoms with E-state index in [2.05, 4.69) is 16.5 Å². The van der Waals surface area contributed by atoms with Gasteiger partial charge in [-0.25, -0.2) is 22.4 Å². The number of aryl methyl sites for hydroxylation is 1. The van der Waals surface area contributed by atoms with Gasteiger partial charge in [-0.05, 0) is 49.6 Å². The summed E-state index contributed by atoms with van der Waals surface area (Å²) in [5, 5.41) is 10.3. The Hall–Kier alpha value is -4.94. The van der Waals surface area contributed by atoms with Gasteiger partial charge in [-0.1, -0.05) is 20.4 Å². The Morgan fingerprint density at radius 1 is 1.11 bits per heavy atom. The zero-order valence-electron chi connectivity index (χ0n) is 24.9. The molecule has 2 unspecified atom stereocenters. The first-order valence-electron chi connectivity index (χ1n) is 14.3. The number of carbonyl (C=O) groups is 1. The van der Waals surface area contributed by atoms with Gasteiger partial charge in [0.1, 0.15) is 23.7 Å². The lowest BCUT2D eigenvalue weighted by atomic mass is 9.98. The molecule has 1 fully saturated rings. The highest BCUT2D eigenvalue weighted by Crippen LogP contribution is 2.48. The van der Waals surface area contributed by atoms with E-state index in [0.717, 1.165) is 16.7 Å². The van der Waals surface area contributed by atoms with Crippen molar-refractivity contribution >= 4 is 22.6 Å². The monoisotopic (exact) mass is 623 g/mol. The van der Waals surface area contributed by atoms with Crippen LogP contribution in [0.15, 0.2) is 41.8 Å². The molecule has 1 N–H and O–H groups in total. The Morgan fingerprint density at radius 3 is 2.53 bits per heavy atom. The molecule has 2 atom stereocenters. The Bertz CT molecular complexity index is 1980. The summed E-state index contributed by atoms with van der Waals surface area (Å²) in [4.78, 5) is 38.6. The van der Waals surface area contributed by atoms with E-state index in [9.17, 15) is 19.1 Å². The first kappa shape index (κ1) is 30.1. The van der Waals surface area contributed by atoms with Gasteiger partial charge in [-0.2, -0.15) is 4.98 Å². The number of aromatic nitrogens is 3. The maximum Gasteiger partial charge on any atom is 0.354 e. The average Bonchev–Trinajstić information content (AvgIpc) is 3.16. The van der Waals surface area contributed by atoms with E-state index < -0.39 is 69.2 Å². The summed E-state index contributed by atoms with van der Waals surface area (Å²) in [5.41, 5.74) is -2.57. The molecule has 0 radical (unpaired) electrons. The molecule has 2 aliphatic rings. The number of anilines is 1. The predicted octanol–water partition coefficient (Wildman–Crippen LogP) is 5.13. The van der Waals surface area contributed by atoms with Crippen molar-refractivity contribution in [3.63, 3.8) is 0 Å². The summed E-state index contributed by atoms with van der Waals surface area (Å²) >= 11 is 0. The van der Waals surface area contributed by atoms with Gasteiger partial charge >= 0.3 is 5.69 Å². The number of nitrogens with zero attached hydrogens (tertiary/aromatic N) is 5. The number of hydrogen-bond donors (Lipinski definition) is 1. The Morgan fingerprint density at radius 2 is 1.84 bits per heavy atom. The summed E-state index contributed by atoms with van der Waals surface area (Å²) in [6.07, 6.45) is 2.69. The molecule has 4 aromatic rings. The Balaban J connectivity index is 1.79. The maximum atomic E-state index is 17.1. The third-order valence-corrected chi connectivity index (χ3v) is 8.33. The number of phenolic OH excluding ortho intramolecular Hbond substituents is 1. The topological polar surface area (TPSA) is 101 Å². The SMILES string of the molecule is C=CC(=O)N1CC(C)N2c3nc(=O)n(-c4c(C)ccnc4C(C)C)c4c(F)c(-c5c(O)ccc(F)c5F)c(F)c(c34)OCC2C1. The van der Waals surface area contributed by atoms with Crippen molar-refractivity contribution in [2.24, 2.45) is 0 Å². The van der Waals surface area contributed by atoms with E-state index in [1.807, 2.05) is 13.8 Å². The minimum absolute atomic E-state index is 0.0882. The van der Waals surface area contributed by atoms with Crippen molar-refractivity contribution in [3.8, 4) is 28.3 Å². The van der Waals surface area contributed by atoms with Crippen molar-refractivity contribution in [2.75, 3.05) is 24.6 Å². The molecule has 9 nitrogen and oxygen atoms in total. The Labute approximate surface area is 255 Å². The third-order valence-electron chi connectivity index (χ3n) is 8.33. The smallest absolute Gasteiger partial charge is 0.354 e. The van der Waals surface area contributed by atoms with Crippen LogP contribution in [0, 0.1) is 30.2 Å². The molecule has 0 aliphatic carbocycles. The summed E-state index contributed by atoms with van der Waals surface area (Å²) in [6.45, 7) is 10.7. The normalized spacial score (nSPS) is 17.7. The number of benzene rings is 2. The number of phenols is 1. The summed E-state index contributed by atoms with van der Waals surface area (Å²) in [5.74, 6) is -8.22. The number of halogens is 4. The molecular weight excluding hydrogens is 594 g/mol. The van der Waals surface area contributed by atoms with Crippen molar-refractivity contribution in [3.05, 3.63) is 82.1 Å². The predicted molar refractivity (Wildman–Crippen MR) is 159 cm³/mol. The van der Waals surface area contributed by atoms with Crippen molar-refractivity contribution in [1.29, 1.82) is 0 Å². The van der Waals surface area contributed by atoms with Crippen LogP contribution in [0.5, 0.6) is 11.5 Å². The molecular formula is C32H29F4N5O4. The molecule has 1 saturated heterocycles. The van der Waals surface area contributed by atoms with E-state index in [4.69, 9.17) is 4.74 Å². The number of carbonyl (C=O) groups excluding carboxylic acids is 1. The van der Waals surface area contributed by atoms with E-state index in [-0.39, 0.29) is 48.4 Å². The second-order valence-corrected chi connectivity index (χ2v) is 11.5. The van der Waals surface area contributed by atoms with Crippen LogP contribution in [-0.4, -0.2) is 62.2 Å². The quantitative estimate of drug-likeness (QED) is 0.249. The number of pyridine rings is 1. The van der Waals surface area contributed by atoms with Gasteiger partial charge in [-0.15, -0.1) is 0 Å². The molecule has 0 bridgehead atoms. The first-order chi connectivity index (χ1) is 21.4. The van der Waals surface area contributed by atoms with Crippen molar-refractivity contribution in [2.45, 2.75) is 45.7 Å². The summed E-state index contributed by atoms with van der Waals surface area (Å²) in [6, 6.07) is 1.85. The largest absolute Gasteiger partial charge is 0.507 e. The molecule has 45 heavy (non-hydrogen) atoms. The van der Waals surface area contributed by atoms with Crippen LogP contribution in [0.2, 0.25) is 0 Å². The van der Waals surface area contributed by atoms with Gasteiger partial charge in [-0.3, -0.25) is 14.3 Å². The van der Waals surface area contributed by atoms with Crippen molar-refractivity contribution < 1.29 is 32.2 Å². The molecule has 234 valence electrons. The lowest BCUT2D eigenvalue weighted by molar-refractivity contribution is -0.127. The van der Waals surface area contributed by atoms with Crippen LogP contribution in [0.4, 0.5) is 23.4 Å². The minimum atomic E-state index is -1.69. The van der Waals surface area contributed by atoms with E-state index >= 15 is 13.2 Å². The van der Waals surface area contributed by atoms with E-state index in [0.29, 0.717) is 17.3 Å². The maximum absolute atomic E-state index is 17.1. The van der Waals surface area contributed by atoms with Crippen LogP contribution in [0.1, 0.15) is 37.9 Å². The molecule has 6 rings (SSSR count). The number of hydrogen-bond acceptors (Lipinski definition) is 7. The highest BCUT2D eigenvalue weighted by molar-refractivity contribution is 6.01. The zero-order chi connectivity index (χ0) is 32.5. The number of rotatable bonds is 4. The van der Waals surface area contributed by atoms with Crippen LogP contribution < -0.4 is 15.3 Å². The standard InChI is InChI=1S/C32H29F4N5O4/c1-6-20(43)39-11-16(5)40-17(12-39)13-45-30-23-29(25(35)22(26(30)36)21-19(42)8-7-18(33)24(21)34)41(32(44)38-31(23)40)28-15(4)9-10-37-27(28)14(2)3/h6-10,14,16-17,42H,1,11-13H2,2-5H3. The van der Waals surface area contributed by atoms with Crippen LogP contribution in [-0.2, 0) is 4.79 Å². The second kappa shape index (κ2) is 10.9. The highest BCUT2D eigenvalue weighted by Gasteiger charge is 2.42. The van der Waals surface area contributed by atoms with Crippen LogP contribution in [0.25, 0.3) is 27.7 Å². The molecule has 0 saturated carbocycles. The molecule has 4 heterocycles. The fourth-order valence-electron chi connectivity index (χ4n) is 6.36. The molecule has 13 heteroatoms.